The Kier molecular flexibility index (Phi) is 4.46. The van der Waals surface area contributed by atoms with Crippen molar-refractivity contribution in [3.63, 3.8) is 0 Å². The van der Waals surface area contributed by atoms with Gasteiger partial charge < -0.3 is 5.73 Å². The molecule has 1 aromatic carbocycles. The maximum Gasteiger partial charge on any atom is 0.128 e. The predicted octanol–water partition coefficient (Wildman–Crippen LogP) is 1.83. The van der Waals surface area contributed by atoms with Gasteiger partial charge in [0.15, 0.2) is 0 Å². The molecule has 0 radical (unpaired) electrons. The van der Waals surface area contributed by atoms with Crippen molar-refractivity contribution in [1.29, 1.82) is 0 Å². The van der Waals surface area contributed by atoms with E-state index in [1.54, 1.807) is 16.8 Å². The zero-order chi connectivity index (χ0) is 14.7. The molecule has 0 spiro atoms. The van der Waals surface area contributed by atoms with E-state index in [0.717, 1.165) is 5.56 Å². The second-order valence-electron chi connectivity index (χ2n) is 4.86. The minimum Gasteiger partial charge on any atom is -0.389 e. The van der Waals surface area contributed by atoms with Crippen LogP contribution in [0.2, 0.25) is 0 Å². The van der Waals surface area contributed by atoms with Crippen LogP contribution >= 0.6 is 12.2 Å². The Morgan fingerprint density at radius 2 is 2.20 bits per heavy atom. The predicted molar refractivity (Wildman–Crippen MR) is 80.7 cm³/mol. The number of halogens is 1. The van der Waals surface area contributed by atoms with Gasteiger partial charge in [-0.15, -0.1) is 0 Å². The molecule has 2 N–H and O–H groups in total. The van der Waals surface area contributed by atoms with E-state index in [1.165, 1.54) is 6.07 Å². The number of thiocarbonyl (C=S) groups is 1. The molecule has 0 amide bonds. The van der Waals surface area contributed by atoms with Crippen LogP contribution in [0, 0.1) is 5.82 Å². The standard InChI is InChI=1S/C14H17FN4S/c1-18(7-10-6-17-19(2)8-10)9-12-4-3-11(14(16)20)5-13(12)15/h3-6,8H,7,9H2,1-2H3,(H2,16,20). The number of nitrogens with two attached hydrogens (primary N) is 1. The Balaban J connectivity index is 2.04. The monoisotopic (exact) mass is 292 g/mol. The molecule has 0 unspecified atom stereocenters. The largest absolute Gasteiger partial charge is 0.389 e. The highest BCUT2D eigenvalue weighted by Gasteiger charge is 2.09. The topological polar surface area (TPSA) is 47.1 Å². The lowest BCUT2D eigenvalue weighted by atomic mass is 10.1. The highest BCUT2D eigenvalue weighted by atomic mass is 32.1. The average Bonchev–Trinajstić information content (AvgIpc) is 2.77. The summed E-state index contributed by atoms with van der Waals surface area (Å²) in [4.78, 5) is 2.23. The fourth-order valence-corrected chi connectivity index (χ4v) is 2.17. The molecule has 0 bridgehead atoms. The summed E-state index contributed by atoms with van der Waals surface area (Å²) in [5.41, 5.74) is 7.75. The summed E-state index contributed by atoms with van der Waals surface area (Å²) < 4.78 is 15.7. The molecule has 0 saturated carbocycles. The van der Waals surface area contributed by atoms with Crippen LogP contribution in [-0.2, 0) is 20.1 Å². The quantitative estimate of drug-likeness (QED) is 0.854. The van der Waals surface area contributed by atoms with Crippen LogP contribution in [0.5, 0.6) is 0 Å². The minimum absolute atomic E-state index is 0.208. The number of benzene rings is 1. The first-order chi connectivity index (χ1) is 9.45. The summed E-state index contributed by atoms with van der Waals surface area (Å²) in [6.45, 7) is 1.22. The van der Waals surface area contributed by atoms with Gasteiger partial charge in [0.05, 0.1) is 6.20 Å². The molecule has 2 aromatic rings. The molecule has 106 valence electrons. The van der Waals surface area contributed by atoms with Crippen molar-refractivity contribution < 1.29 is 4.39 Å². The van der Waals surface area contributed by atoms with Gasteiger partial charge in [-0.1, -0.05) is 24.4 Å². The summed E-state index contributed by atoms with van der Waals surface area (Å²) in [5, 5.41) is 4.11. The SMILES string of the molecule is CN(Cc1cnn(C)c1)Cc1ccc(C(N)=S)cc1F. The number of hydrogen-bond acceptors (Lipinski definition) is 3. The molecule has 0 fully saturated rings. The van der Waals surface area contributed by atoms with Crippen molar-refractivity contribution in [3.05, 3.63) is 53.1 Å². The Bertz CT molecular complexity index is 623. The lowest BCUT2D eigenvalue weighted by Crippen LogP contribution is -2.18. The Hall–Kier alpha value is -1.79. The van der Waals surface area contributed by atoms with Gasteiger partial charge in [0.2, 0.25) is 0 Å². The van der Waals surface area contributed by atoms with Crippen LogP contribution in [0.1, 0.15) is 16.7 Å². The highest BCUT2D eigenvalue weighted by Crippen LogP contribution is 2.14. The first-order valence-corrected chi connectivity index (χ1v) is 6.61. The van der Waals surface area contributed by atoms with Gasteiger partial charge in [0, 0.05) is 43.0 Å². The van der Waals surface area contributed by atoms with Crippen LogP contribution in [-0.4, -0.2) is 26.7 Å². The number of aryl methyl sites for hydroxylation is 1. The van der Waals surface area contributed by atoms with Crippen LogP contribution in [0.3, 0.4) is 0 Å². The van der Waals surface area contributed by atoms with E-state index in [1.807, 2.05) is 31.4 Å². The third-order valence-electron chi connectivity index (χ3n) is 2.99. The van der Waals surface area contributed by atoms with Crippen molar-refractivity contribution in [2.45, 2.75) is 13.1 Å². The molecule has 0 aliphatic rings. The van der Waals surface area contributed by atoms with E-state index in [9.17, 15) is 4.39 Å². The van der Waals surface area contributed by atoms with Crippen LogP contribution < -0.4 is 5.73 Å². The van der Waals surface area contributed by atoms with Crippen LogP contribution in [0.4, 0.5) is 4.39 Å². The van der Waals surface area contributed by atoms with Crippen molar-refractivity contribution in [3.8, 4) is 0 Å². The third-order valence-corrected chi connectivity index (χ3v) is 3.22. The van der Waals surface area contributed by atoms with E-state index in [4.69, 9.17) is 18.0 Å². The highest BCUT2D eigenvalue weighted by molar-refractivity contribution is 7.80. The molecule has 0 aliphatic heterocycles. The lowest BCUT2D eigenvalue weighted by Gasteiger charge is -2.16. The summed E-state index contributed by atoms with van der Waals surface area (Å²) in [7, 11) is 3.81. The van der Waals surface area contributed by atoms with Crippen molar-refractivity contribution in [2.24, 2.45) is 12.8 Å². The molecular formula is C14H17FN4S. The summed E-state index contributed by atoms with van der Waals surface area (Å²) >= 11 is 4.83. The molecular weight excluding hydrogens is 275 g/mol. The Morgan fingerprint density at radius 1 is 1.45 bits per heavy atom. The molecule has 0 aliphatic carbocycles. The maximum atomic E-state index is 14.0. The third kappa shape index (κ3) is 3.61. The van der Waals surface area contributed by atoms with E-state index in [0.29, 0.717) is 24.2 Å². The van der Waals surface area contributed by atoms with Gasteiger partial charge in [-0.2, -0.15) is 5.10 Å². The number of rotatable bonds is 5. The number of nitrogens with zero attached hydrogens (tertiary/aromatic N) is 3. The molecule has 1 heterocycles. The fraction of sp³-hybridized carbons (Fsp3) is 0.286. The first kappa shape index (κ1) is 14.6. The van der Waals surface area contributed by atoms with E-state index in [-0.39, 0.29) is 10.8 Å². The molecule has 0 saturated heterocycles. The number of hydrogen-bond donors (Lipinski definition) is 1. The van der Waals surface area contributed by atoms with Gasteiger partial charge in [0.25, 0.3) is 0 Å². The second kappa shape index (κ2) is 6.11. The normalized spacial score (nSPS) is 11.0. The van der Waals surface area contributed by atoms with Crippen LogP contribution in [0.25, 0.3) is 0 Å². The summed E-state index contributed by atoms with van der Waals surface area (Å²) in [6.07, 6.45) is 3.76. The fourth-order valence-electron chi connectivity index (χ4n) is 2.04. The average molecular weight is 292 g/mol. The smallest absolute Gasteiger partial charge is 0.128 e. The Morgan fingerprint density at radius 3 is 2.75 bits per heavy atom. The van der Waals surface area contributed by atoms with E-state index in [2.05, 4.69) is 5.10 Å². The van der Waals surface area contributed by atoms with Gasteiger partial charge in [-0.05, 0) is 13.1 Å². The molecule has 6 heteroatoms. The maximum absolute atomic E-state index is 14.0. The summed E-state index contributed by atoms with van der Waals surface area (Å²) in [6, 6.07) is 4.86. The van der Waals surface area contributed by atoms with E-state index >= 15 is 0 Å². The van der Waals surface area contributed by atoms with Crippen LogP contribution in [0.15, 0.2) is 30.6 Å². The molecule has 4 nitrogen and oxygen atoms in total. The summed E-state index contributed by atoms with van der Waals surface area (Å²) in [5.74, 6) is -0.284. The molecule has 0 atom stereocenters. The molecule has 20 heavy (non-hydrogen) atoms. The van der Waals surface area contributed by atoms with E-state index < -0.39 is 0 Å². The van der Waals surface area contributed by atoms with Crippen molar-refractivity contribution in [2.75, 3.05) is 7.05 Å². The second-order valence-corrected chi connectivity index (χ2v) is 5.30. The first-order valence-electron chi connectivity index (χ1n) is 6.20. The molecule has 2 rings (SSSR count). The Labute approximate surface area is 123 Å². The zero-order valence-electron chi connectivity index (χ0n) is 11.5. The van der Waals surface area contributed by atoms with Gasteiger partial charge in [0.1, 0.15) is 10.8 Å². The van der Waals surface area contributed by atoms with Crippen molar-refractivity contribution >= 4 is 17.2 Å². The van der Waals surface area contributed by atoms with Gasteiger partial charge >= 0.3 is 0 Å². The minimum atomic E-state index is -0.284. The molecule has 1 aromatic heterocycles. The van der Waals surface area contributed by atoms with Gasteiger partial charge in [-0.3, -0.25) is 9.58 Å². The zero-order valence-corrected chi connectivity index (χ0v) is 12.3. The lowest BCUT2D eigenvalue weighted by molar-refractivity contribution is 0.313. The van der Waals surface area contributed by atoms with Gasteiger partial charge in [-0.25, -0.2) is 4.39 Å². The number of aromatic nitrogens is 2. The van der Waals surface area contributed by atoms with Crippen molar-refractivity contribution in [1.82, 2.24) is 14.7 Å².